The second kappa shape index (κ2) is 3.69. The van der Waals surface area contributed by atoms with Crippen molar-refractivity contribution < 1.29 is 14.3 Å². The Labute approximate surface area is 87.4 Å². The summed E-state index contributed by atoms with van der Waals surface area (Å²) in [6.07, 6.45) is 1.59. The molecule has 0 N–H and O–H groups in total. The molecule has 0 bridgehead atoms. The Morgan fingerprint density at radius 2 is 2.00 bits per heavy atom. The number of Topliss-reactive ketones (excluding diaryl/α,β-unsaturated/α-hetero) is 1. The van der Waals surface area contributed by atoms with Gasteiger partial charge < -0.3 is 4.74 Å². The van der Waals surface area contributed by atoms with E-state index >= 15 is 0 Å². The molecule has 1 aliphatic heterocycles. The number of benzene rings is 1. The quantitative estimate of drug-likeness (QED) is 0.394. The molecule has 1 aromatic rings. The summed E-state index contributed by atoms with van der Waals surface area (Å²) in [6.45, 7) is 1.80. The average molecular weight is 202 g/mol. The van der Waals surface area contributed by atoms with Crippen LogP contribution in [-0.4, -0.2) is 18.4 Å². The van der Waals surface area contributed by atoms with Gasteiger partial charge in [-0.3, -0.25) is 4.79 Å². The van der Waals surface area contributed by atoms with Gasteiger partial charge in [-0.2, -0.15) is 0 Å². The predicted octanol–water partition coefficient (Wildman–Crippen LogP) is 1.50. The predicted molar refractivity (Wildman–Crippen MR) is 55.1 cm³/mol. The van der Waals surface area contributed by atoms with Crippen molar-refractivity contribution in [2.45, 2.75) is 6.92 Å². The Balaban J connectivity index is 2.42. The molecule has 0 aromatic heterocycles. The van der Waals surface area contributed by atoms with E-state index in [9.17, 15) is 9.59 Å². The molecule has 3 nitrogen and oxygen atoms in total. The topological polar surface area (TPSA) is 43.4 Å². The molecule has 0 atom stereocenters. The second-order valence-electron chi connectivity index (χ2n) is 3.41. The number of carbonyl (C=O) groups excluding carboxylic acids is 2. The third kappa shape index (κ3) is 1.81. The fourth-order valence-corrected chi connectivity index (χ4v) is 1.44. The Morgan fingerprint density at radius 1 is 1.27 bits per heavy atom. The number of hydrogen-bond acceptors (Lipinski definition) is 3. The maximum absolute atomic E-state index is 11.3. The number of aryl methyl sites for hydroxylation is 1. The molecule has 0 radical (unpaired) electrons. The van der Waals surface area contributed by atoms with Crippen LogP contribution < -0.4 is 0 Å². The lowest BCUT2D eigenvalue weighted by Gasteiger charge is -1.98. The van der Waals surface area contributed by atoms with E-state index in [-0.39, 0.29) is 18.0 Å². The maximum atomic E-state index is 11.3. The molecule has 0 saturated carbocycles. The van der Waals surface area contributed by atoms with Crippen LogP contribution in [0.3, 0.4) is 0 Å². The zero-order valence-electron chi connectivity index (χ0n) is 8.32. The van der Waals surface area contributed by atoms with E-state index < -0.39 is 5.97 Å². The van der Waals surface area contributed by atoms with Crippen LogP contribution in [0.5, 0.6) is 0 Å². The lowest BCUT2D eigenvalue weighted by atomic mass is 10.0. The number of hydrogen-bond donors (Lipinski definition) is 0. The van der Waals surface area contributed by atoms with Crippen molar-refractivity contribution in [3.05, 3.63) is 41.0 Å². The first-order valence-electron chi connectivity index (χ1n) is 4.66. The third-order valence-corrected chi connectivity index (χ3v) is 2.34. The zero-order valence-corrected chi connectivity index (χ0v) is 8.32. The summed E-state index contributed by atoms with van der Waals surface area (Å²) >= 11 is 0. The van der Waals surface area contributed by atoms with Crippen LogP contribution in [-0.2, 0) is 14.3 Å². The normalized spacial score (nSPS) is 18.3. The third-order valence-electron chi connectivity index (χ3n) is 2.34. The van der Waals surface area contributed by atoms with Crippen molar-refractivity contribution in [3.8, 4) is 0 Å². The van der Waals surface area contributed by atoms with E-state index in [0.717, 1.165) is 11.1 Å². The molecule has 76 valence electrons. The number of esters is 1. The van der Waals surface area contributed by atoms with Crippen molar-refractivity contribution in [1.82, 2.24) is 0 Å². The first-order chi connectivity index (χ1) is 7.18. The van der Waals surface area contributed by atoms with Crippen LogP contribution in [0.2, 0.25) is 0 Å². The summed E-state index contributed by atoms with van der Waals surface area (Å²) < 4.78 is 4.63. The molecule has 0 aliphatic carbocycles. The molecule has 0 unspecified atom stereocenters. The average Bonchev–Trinajstić information content (AvgIpc) is 2.53. The van der Waals surface area contributed by atoms with Gasteiger partial charge in [0.1, 0.15) is 5.57 Å². The highest BCUT2D eigenvalue weighted by atomic mass is 16.5. The van der Waals surface area contributed by atoms with Crippen LogP contribution in [0, 0.1) is 6.92 Å². The summed E-state index contributed by atoms with van der Waals surface area (Å²) in [7, 11) is 0. The summed E-state index contributed by atoms with van der Waals surface area (Å²) in [4.78, 5) is 22.5. The second-order valence-corrected chi connectivity index (χ2v) is 3.41. The number of carbonyl (C=O) groups is 2. The number of ether oxygens (including phenoxy) is 1. The van der Waals surface area contributed by atoms with Gasteiger partial charge in [-0.15, -0.1) is 0 Å². The first-order valence-corrected chi connectivity index (χ1v) is 4.66. The van der Waals surface area contributed by atoms with E-state index in [1.165, 1.54) is 0 Å². The molecule has 1 fully saturated rings. The molecular weight excluding hydrogens is 192 g/mol. The van der Waals surface area contributed by atoms with Crippen LogP contribution in [0.4, 0.5) is 0 Å². The first kappa shape index (κ1) is 9.65. The van der Waals surface area contributed by atoms with Gasteiger partial charge >= 0.3 is 5.97 Å². The molecule has 0 amide bonds. The van der Waals surface area contributed by atoms with E-state index in [2.05, 4.69) is 4.74 Å². The van der Waals surface area contributed by atoms with Crippen LogP contribution >= 0.6 is 0 Å². The van der Waals surface area contributed by atoms with Gasteiger partial charge in [0.15, 0.2) is 6.61 Å². The summed E-state index contributed by atoms with van der Waals surface area (Å²) in [5, 5.41) is 0. The summed E-state index contributed by atoms with van der Waals surface area (Å²) in [5.41, 5.74) is 2.04. The van der Waals surface area contributed by atoms with E-state index in [4.69, 9.17) is 0 Å². The smallest absolute Gasteiger partial charge is 0.342 e. The van der Waals surface area contributed by atoms with Gasteiger partial charge in [0, 0.05) is 0 Å². The van der Waals surface area contributed by atoms with Gasteiger partial charge in [0.05, 0.1) is 0 Å². The molecule has 3 heteroatoms. The van der Waals surface area contributed by atoms with Crippen molar-refractivity contribution in [3.63, 3.8) is 0 Å². The minimum atomic E-state index is -0.525. The fourth-order valence-electron chi connectivity index (χ4n) is 1.44. The van der Waals surface area contributed by atoms with E-state index in [1.54, 1.807) is 6.08 Å². The Bertz CT molecular complexity index is 440. The molecule has 1 aromatic carbocycles. The van der Waals surface area contributed by atoms with Crippen molar-refractivity contribution >= 4 is 17.8 Å². The molecule has 15 heavy (non-hydrogen) atoms. The maximum Gasteiger partial charge on any atom is 0.342 e. The number of ketones is 1. The van der Waals surface area contributed by atoms with Gasteiger partial charge in [-0.05, 0) is 24.1 Å². The van der Waals surface area contributed by atoms with Crippen molar-refractivity contribution in [1.29, 1.82) is 0 Å². The molecule has 1 heterocycles. The van der Waals surface area contributed by atoms with Gasteiger partial charge in [-0.25, -0.2) is 4.79 Å². The highest BCUT2D eigenvalue weighted by Gasteiger charge is 2.27. The van der Waals surface area contributed by atoms with Crippen molar-refractivity contribution in [2.75, 3.05) is 6.61 Å². The monoisotopic (exact) mass is 202 g/mol. The number of cyclic esters (lactones) is 1. The van der Waals surface area contributed by atoms with E-state index in [0.29, 0.717) is 0 Å². The SMILES string of the molecule is Cc1ccccc1/C=C1\C(=O)COC1=O. The highest BCUT2D eigenvalue weighted by Crippen LogP contribution is 2.16. The Hall–Kier alpha value is -1.90. The number of rotatable bonds is 1. The van der Waals surface area contributed by atoms with Gasteiger partial charge in [0.25, 0.3) is 0 Å². The van der Waals surface area contributed by atoms with E-state index in [1.807, 2.05) is 31.2 Å². The lowest BCUT2D eigenvalue weighted by Crippen LogP contribution is -2.00. The fraction of sp³-hybridized carbons (Fsp3) is 0.167. The Morgan fingerprint density at radius 3 is 2.60 bits per heavy atom. The van der Waals surface area contributed by atoms with Gasteiger partial charge in [-0.1, -0.05) is 24.3 Å². The molecule has 1 saturated heterocycles. The summed E-state index contributed by atoms with van der Waals surface area (Å²) in [5.74, 6) is -0.772. The standard InChI is InChI=1S/C12H10O3/c1-8-4-2-3-5-9(8)6-10-11(13)7-15-12(10)14/h2-6H,7H2,1H3/b10-6+. The molecular formula is C12H10O3. The molecule has 0 spiro atoms. The molecule has 1 aliphatic rings. The Kier molecular flexibility index (Phi) is 2.37. The lowest BCUT2D eigenvalue weighted by molar-refractivity contribution is -0.135. The van der Waals surface area contributed by atoms with Crippen LogP contribution in [0.25, 0.3) is 6.08 Å². The van der Waals surface area contributed by atoms with Crippen LogP contribution in [0.1, 0.15) is 11.1 Å². The van der Waals surface area contributed by atoms with Crippen molar-refractivity contribution in [2.24, 2.45) is 0 Å². The molecule has 2 rings (SSSR count). The summed E-state index contributed by atoms with van der Waals surface area (Å²) in [6, 6.07) is 7.56. The largest absolute Gasteiger partial charge is 0.454 e. The van der Waals surface area contributed by atoms with Gasteiger partial charge in [0.2, 0.25) is 5.78 Å². The highest BCUT2D eigenvalue weighted by molar-refractivity contribution is 6.24. The zero-order chi connectivity index (χ0) is 10.8. The minimum absolute atomic E-state index is 0.128. The van der Waals surface area contributed by atoms with Crippen LogP contribution in [0.15, 0.2) is 29.8 Å². The minimum Gasteiger partial charge on any atom is -0.454 e.